The number of benzene rings is 1. The van der Waals surface area contributed by atoms with Crippen molar-refractivity contribution < 1.29 is 14.6 Å². The summed E-state index contributed by atoms with van der Waals surface area (Å²) in [7, 11) is 0. The molecule has 1 N–H and O–H groups in total. The second-order valence-electron chi connectivity index (χ2n) is 3.82. The quantitative estimate of drug-likeness (QED) is 0.869. The summed E-state index contributed by atoms with van der Waals surface area (Å²) in [5.41, 5.74) is 1.36. The summed E-state index contributed by atoms with van der Waals surface area (Å²) in [5, 5.41) is 9.36. The minimum absolute atomic E-state index is 0.119. The summed E-state index contributed by atoms with van der Waals surface area (Å²) >= 11 is 5.73. The van der Waals surface area contributed by atoms with Gasteiger partial charge in [0, 0.05) is 11.8 Å². The van der Waals surface area contributed by atoms with Gasteiger partial charge in [-0.3, -0.25) is 0 Å². The topological polar surface area (TPSA) is 59.4 Å². The first-order valence-electron chi connectivity index (χ1n) is 5.74. The van der Waals surface area contributed by atoms with Gasteiger partial charge in [0.15, 0.2) is 0 Å². The Bertz CT molecular complexity index is 613. The van der Waals surface area contributed by atoms with Crippen molar-refractivity contribution in [3.8, 4) is 16.9 Å². The Labute approximate surface area is 115 Å². The maximum Gasteiger partial charge on any atom is 0.336 e. The highest BCUT2D eigenvalue weighted by Gasteiger charge is 2.13. The Hall–Kier alpha value is -2.07. The van der Waals surface area contributed by atoms with Crippen LogP contribution in [0.25, 0.3) is 11.1 Å². The van der Waals surface area contributed by atoms with Gasteiger partial charge < -0.3 is 9.84 Å². The van der Waals surface area contributed by atoms with E-state index in [-0.39, 0.29) is 10.7 Å². The van der Waals surface area contributed by atoms with Crippen LogP contribution < -0.4 is 4.74 Å². The normalized spacial score (nSPS) is 10.2. The molecule has 19 heavy (non-hydrogen) atoms. The van der Waals surface area contributed by atoms with Crippen molar-refractivity contribution in [2.75, 3.05) is 6.61 Å². The fraction of sp³-hybridized carbons (Fsp3) is 0.143. The van der Waals surface area contributed by atoms with Crippen molar-refractivity contribution in [1.29, 1.82) is 0 Å². The van der Waals surface area contributed by atoms with E-state index in [4.69, 9.17) is 16.3 Å². The van der Waals surface area contributed by atoms with Gasteiger partial charge in [-0.05, 0) is 30.7 Å². The monoisotopic (exact) mass is 277 g/mol. The Balaban J connectivity index is 2.52. The average Bonchev–Trinajstić information content (AvgIpc) is 2.39. The van der Waals surface area contributed by atoms with Gasteiger partial charge in [0.25, 0.3) is 0 Å². The zero-order valence-corrected chi connectivity index (χ0v) is 11.0. The molecule has 1 aromatic carbocycles. The van der Waals surface area contributed by atoms with Crippen molar-refractivity contribution >= 4 is 17.6 Å². The Morgan fingerprint density at radius 2 is 2.21 bits per heavy atom. The van der Waals surface area contributed by atoms with E-state index in [2.05, 4.69) is 4.98 Å². The van der Waals surface area contributed by atoms with Crippen LogP contribution in [0.15, 0.2) is 36.5 Å². The standard InChI is InChI=1S/C14H12ClNO3/c1-2-19-10-5-3-4-9(6-10)12-8-16-13(15)7-11(12)14(17)18/h3-8H,2H2,1H3,(H,17,18). The Morgan fingerprint density at radius 1 is 1.42 bits per heavy atom. The number of aromatic nitrogens is 1. The molecular weight excluding hydrogens is 266 g/mol. The van der Waals surface area contributed by atoms with E-state index in [1.54, 1.807) is 18.2 Å². The molecule has 98 valence electrons. The smallest absolute Gasteiger partial charge is 0.336 e. The number of rotatable bonds is 4. The summed E-state index contributed by atoms with van der Waals surface area (Å²) in [6.07, 6.45) is 1.46. The zero-order valence-electron chi connectivity index (χ0n) is 10.3. The highest BCUT2D eigenvalue weighted by molar-refractivity contribution is 6.29. The largest absolute Gasteiger partial charge is 0.494 e. The second kappa shape index (κ2) is 5.71. The summed E-state index contributed by atoms with van der Waals surface area (Å²) in [6, 6.07) is 8.55. The van der Waals surface area contributed by atoms with Crippen LogP contribution in [0.2, 0.25) is 5.15 Å². The number of nitrogens with zero attached hydrogens (tertiary/aromatic N) is 1. The Morgan fingerprint density at radius 3 is 2.89 bits per heavy atom. The molecule has 0 fully saturated rings. The summed E-state index contributed by atoms with van der Waals surface area (Å²) in [4.78, 5) is 15.2. The van der Waals surface area contributed by atoms with E-state index < -0.39 is 5.97 Å². The molecule has 2 aromatic rings. The van der Waals surface area contributed by atoms with Crippen LogP contribution in [-0.4, -0.2) is 22.7 Å². The molecule has 0 spiro atoms. The summed E-state index contributed by atoms with van der Waals surface area (Å²) < 4.78 is 5.40. The lowest BCUT2D eigenvalue weighted by molar-refractivity contribution is 0.0697. The fourth-order valence-corrected chi connectivity index (χ4v) is 1.91. The van der Waals surface area contributed by atoms with Crippen LogP contribution in [-0.2, 0) is 0 Å². The number of hydrogen-bond acceptors (Lipinski definition) is 3. The predicted octanol–water partition coefficient (Wildman–Crippen LogP) is 3.50. The highest BCUT2D eigenvalue weighted by atomic mass is 35.5. The number of carbonyl (C=O) groups is 1. The Kier molecular flexibility index (Phi) is 4.02. The molecule has 0 saturated carbocycles. The molecule has 0 atom stereocenters. The van der Waals surface area contributed by atoms with Crippen molar-refractivity contribution in [3.63, 3.8) is 0 Å². The maximum atomic E-state index is 11.2. The third kappa shape index (κ3) is 3.03. The SMILES string of the molecule is CCOc1cccc(-c2cnc(Cl)cc2C(=O)O)c1. The number of aromatic carboxylic acids is 1. The van der Waals surface area contributed by atoms with Gasteiger partial charge in [-0.2, -0.15) is 0 Å². The first-order valence-corrected chi connectivity index (χ1v) is 6.11. The van der Waals surface area contributed by atoms with Gasteiger partial charge in [-0.25, -0.2) is 9.78 Å². The van der Waals surface area contributed by atoms with E-state index in [0.717, 1.165) is 5.56 Å². The van der Waals surface area contributed by atoms with Crippen molar-refractivity contribution in [1.82, 2.24) is 4.98 Å². The van der Waals surface area contributed by atoms with Crippen LogP contribution >= 0.6 is 11.6 Å². The van der Waals surface area contributed by atoms with Crippen molar-refractivity contribution in [2.24, 2.45) is 0 Å². The molecule has 4 nitrogen and oxygen atoms in total. The summed E-state index contributed by atoms with van der Waals surface area (Å²) in [6.45, 7) is 2.44. The molecule has 0 aliphatic carbocycles. The third-order valence-electron chi connectivity index (χ3n) is 2.56. The number of carboxylic acid groups (broad SMARTS) is 1. The molecule has 0 aliphatic heterocycles. The van der Waals surface area contributed by atoms with Crippen molar-refractivity contribution in [3.05, 3.63) is 47.2 Å². The highest BCUT2D eigenvalue weighted by Crippen LogP contribution is 2.27. The van der Waals surface area contributed by atoms with Gasteiger partial charge in [0.2, 0.25) is 0 Å². The molecule has 5 heteroatoms. The van der Waals surface area contributed by atoms with Gasteiger partial charge in [-0.1, -0.05) is 23.7 Å². The lowest BCUT2D eigenvalue weighted by Gasteiger charge is -2.08. The van der Waals surface area contributed by atoms with Gasteiger partial charge >= 0.3 is 5.97 Å². The zero-order chi connectivity index (χ0) is 13.8. The number of pyridine rings is 1. The number of carboxylic acids is 1. The molecule has 0 unspecified atom stereocenters. The predicted molar refractivity (Wildman–Crippen MR) is 72.8 cm³/mol. The molecule has 0 aliphatic rings. The van der Waals surface area contributed by atoms with Crippen LogP contribution in [0, 0.1) is 0 Å². The van der Waals surface area contributed by atoms with Gasteiger partial charge in [0.05, 0.1) is 12.2 Å². The van der Waals surface area contributed by atoms with Crippen LogP contribution in [0.5, 0.6) is 5.75 Å². The first kappa shape index (κ1) is 13.4. The molecule has 0 radical (unpaired) electrons. The van der Waals surface area contributed by atoms with Crippen molar-refractivity contribution in [2.45, 2.75) is 6.92 Å². The lowest BCUT2D eigenvalue weighted by atomic mass is 10.0. The van der Waals surface area contributed by atoms with Crippen LogP contribution in [0.4, 0.5) is 0 Å². The molecular formula is C14H12ClNO3. The van der Waals surface area contributed by atoms with E-state index >= 15 is 0 Å². The fourth-order valence-electron chi connectivity index (χ4n) is 1.76. The average molecular weight is 278 g/mol. The third-order valence-corrected chi connectivity index (χ3v) is 2.76. The molecule has 2 rings (SSSR count). The lowest BCUT2D eigenvalue weighted by Crippen LogP contribution is -2.01. The minimum Gasteiger partial charge on any atom is -0.494 e. The van der Waals surface area contributed by atoms with E-state index in [1.807, 2.05) is 13.0 Å². The van der Waals surface area contributed by atoms with Crippen LogP contribution in [0.3, 0.4) is 0 Å². The van der Waals surface area contributed by atoms with E-state index in [9.17, 15) is 9.90 Å². The number of ether oxygens (including phenoxy) is 1. The first-order chi connectivity index (χ1) is 9.11. The van der Waals surface area contributed by atoms with Gasteiger partial charge in [-0.15, -0.1) is 0 Å². The number of halogens is 1. The van der Waals surface area contributed by atoms with Crippen LogP contribution in [0.1, 0.15) is 17.3 Å². The van der Waals surface area contributed by atoms with Gasteiger partial charge in [0.1, 0.15) is 10.9 Å². The molecule has 1 heterocycles. The second-order valence-corrected chi connectivity index (χ2v) is 4.21. The molecule has 0 amide bonds. The summed E-state index contributed by atoms with van der Waals surface area (Å²) in [5.74, 6) is -0.354. The molecule has 0 bridgehead atoms. The maximum absolute atomic E-state index is 11.2. The minimum atomic E-state index is -1.04. The molecule has 0 saturated heterocycles. The van der Waals surface area contributed by atoms with E-state index in [0.29, 0.717) is 17.9 Å². The van der Waals surface area contributed by atoms with E-state index in [1.165, 1.54) is 12.3 Å². The molecule has 1 aromatic heterocycles. The number of hydrogen-bond donors (Lipinski definition) is 1.